The Kier molecular flexibility index (Phi) is 3.95. The van der Waals surface area contributed by atoms with Gasteiger partial charge in [0.25, 0.3) is 5.69 Å². The van der Waals surface area contributed by atoms with Crippen molar-refractivity contribution >= 4 is 11.9 Å². The normalized spacial score (nSPS) is 26.9. The first-order valence-electron chi connectivity index (χ1n) is 6.46. The van der Waals surface area contributed by atoms with E-state index in [1.165, 1.54) is 12.1 Å². The van der Waals surface area contributed by atoms with E-state index < -0.39 is 4.92 Å². The summed E-state index contributed by atoms with van der Waals surface area (Å²) in [6.07, 6.45) is 4.81. The van der Waals surface area contributed by atoms with Crippen LogP contribution < -0.4 is 0 Å². The van der Waals surface area contributed by atoms with Crippen LogP contribution in [0.4, 0.5) is 5.69 Å². The van der Waals surface area contributed by atoms with E-state index in [0.29, 0.717) is 0 Å². The number of non-ortho nitro benzene ring substituents is 1. The van der Waals surface area contributed by atoms with E-state index in [2.05, 4.69) is 11.9 Å². The number of hydrogen-bond acceptors (Lipinski definition) is 4. The summed E-state index contributed by atoms with van der Waals surface area (Å²) >= 11 is 0. The minimum atomic E-state index is -0.416. The van der Waals surface area contributed by atoms with E-state index >= 15 is 0 Å². The van der Waals surface area contributed by atoms with E-state index in [0.717, 1.165) is 24.8 Å². The van der Waals surface area contributed by atoms with E-state index in [1.54, 1.807) is 18.3 Å². The monoisotopic (exact) mass is 262 g/mol. The number of hydrogen-bond donors (Lipinski definition) is 1. The van der Waals surface area contributed by atoms with Crippen molar-refractivity contribution in [1.29, 1.82) is 0 Å². The highest BCUT2D eigenvalue weighted by Crippen LogP contribution is 2.38. The number of aliphatic imine (C=N–C) groups is 1. The predicted molar refractivity (Wildman–Crippen MR) is 73.5 cm³/mol. The van der Waals surface area contributed by atoms with Crippen LogP contribution in [0, 0.1) is 16.0 Å². The van der Waals surface area contributed by atoms with Crippen LogP contribution in [0.2, 0.25) is 0 Å². The van der Waals surface area contributed by atoms with Gasteiger partial charge in [0.2, 0.25) is 0 Å². The summed E-state index contributed by atoms with van der Waals surface area (Å²) in [6, 6.07) is 6.32. The second kappa shape index (κ2) is 5.48. The quantitative estimate of drug-likeness (QED) is 0.514. The maximum atomic E-state index is 10.6. The molecular weight excluding hydrogens is 244 g/mol. The highest BCUT2D eigenvalue weighted by Gasteiger charge is 2.37. The molecule has 0 heterocycles. The molecule has 1 aromatic carbocycles. The van der Waals surface area contributed by atoms with Crippen LogP contribution in [0.25, 0.3) is 0 Å². The summed E-state index contributed by atoms with van der Waals surface area (Å²) in [7, 11) is 0. The fourth-order valence-corrected chi connectivity index (χ4v) is 2.58. The molecule has 0 spiro atoms. The smallest absolute Gasteiger partial charge is 0.269 e. The Morgan fingerprint density at radius 3 is 2.79 bits per heavy atom. The molecular formula is C14H18N2O3. The molecule has 5 nitrogen and oxygen atoms in total. The van der Waals surface area contributed by atoms with Crippen LogP contribution in [0.3, 0.4) is 0 Å². The van der Waals surface area contributed by atoms with Crippen molar-refractivity contribution in [2.45, 2.75) is 31.7 Å². The number of aliphatic hydroxyl groups is 1. The van der Waals surface area contributed by atoms with Gasteiger partial charge in [0.1, 0.15) is 0 Å². The van der Waals surface area contributed by atoms with Crippen molar-refractivity contribution in [2.75, 3.05) is 6.61 Å². The third-order valence-electron chi connectivity index (χ3n) is 3.95. The Labute approximate surface area is 112 Å². The fraction of sp³-hybridized carbons (Fsp3) is 0.500. The second-order valence-corrected chi connectivity index (χ2v) is 5.24. The van der Waals surface area contributed by atoms with Gasteiger partial charge < -0.3 is 5.11 Å². The van der Waals surface area contributed by atoms with Crippen molar-refractivity contribution in [2.24, 2.45) is 10.9 Å². The van der Waals surface area contributed by atoms with E-state index in [1.807, 2.05) is 0 Å². The van der Waals surface area contributed by atoms with Gasteiger partial charge in [-0.15, -0.1) is 0 Å². The van der Waals surface area contributed by atoms with Crippen molar-refractivity contribution in [3.63, 3.8) is 0 Å². The molecule has 1 N–H and O–H groups in total. The predicted octanol–water partition coefficient (Wildman–Crippen LogP) is 2.56. The molecule has 5 heteroatoms. The van der Waals surface area contributed by atoms with Gasteiger partial charge >= 0.3 is 0 Å². The third kappa shape index (κ3) is 2.98. The van der Waals surface area contributed by atoms with Crippen LogP contribution in [0.1, 0.15) is 31.7 Å². The molecule has 19 heavy (non-hydrogen) atoms. The number of nitro benzene ring substituents is 1. The first-order chi connectivity index (χ1) is 9.05. The second-order valence-electron chi connectivity index (χ2n) is 5.24. The summed E-state index contributed by atoms with van der Waals surface area (Å²) in [4.78, 5) is 14.7. The average Bonchev–Trinajstić information content (AvgIpc) is 2.78. The third-order valence-corrected chi connectivity index (χ3v) is 3.95. The van der Waals surface area contributed by atoms with E-state index in [-0.39, 0.29) is 23.8 Å². The molecule has 1 aliphatic carbocycles. The molecule has 1 fully saturated rings. The maximum absolute atomic E-state index is 10.6. The Morgan fingerprint density at radius 2 is 2.21 bits per heavy atom. The summed E-state index contributed by atoms with van der Waals surface area (Å²) in [5, 5.41) is 19.9. The minimum Gasteiger partial charge on any atom is -0.396 e. The van der Waals surface area contributed by atoms with Crippen molar-refractivity contribution in [3.05, 3.63) is 39.9 Å². The van der Waals surface area contributed by atoms with Crippen molar-refractivity contribution < 1.29 is 10.0 Å². The number of benzene rings is 1. The summed E-state index contributed by atoms with van der Waals surface area (Å²) in [5.74, 6) is 0.210. The molecule has 2 rings (SSSR count). The maximum Gasteiger partial charge on any atom is 0.269 e. The molecule has 1 saturated carbocycles. The highest BCUT2D eigenvalue weighted by molar-refractivity contribution is 5.80. The highest BCUT2D eigenvalue weighted by atomic mass is 16.6. The van der Waals surface area contributed by atoms with Gasteiger partial charge in [-0.2, -0.15) is 0 Å². The van der Waals surface area contributed by atoms with Crippen LogP contribution in [0.5, 0.6) is 0 Å². The standard InChI is InChI=1S/C14H18N2O3/c1-14(8-2-3-12(14)10-17)15-9-11-4-6-13(7-5-11)16(18)19/h4-7,9,12,17H,2-3,8,10H2,1H3/t12-,14-/m0/s1. The van der Waals surface area contributed by atoms with Gasteiger partial charge in [0.05, 0.1) is 10.5 Å². The molecule has 0 radical (unpaired) electrons. The zero-order valence-corrected chi connectivity index (χ0v) is 11.0. The zero-order valence-electron chi connectivity index (χ0n) is 11.0. The number of nitrogens with zero attached hydrogens (tertiary/aromatic N) is 2. The molecule has 0 amide bonds. The lowest BCUT2D eigenvalue weighted by molar-refractivity contribution is -0.384. The Bertz CT molecular complexity index is 484. The first-order valence-corrected chi connectivity index (χ1v) is 6.46. The fourth-order valence-electron chi connectivity index (χ4n) is 2.58. The molecule has 0 unspecified atom stereocenters. The topological polar surface area (TPSA) is 75.7 Å². The molecule has 1 aromatic rings. The summed E-state index contributed by atoms with van der Waals surface area (Å²) in [5.41, 5.74) is 0.712. The van der Waals surface area contributed by atoms with Crippen LogP contribution >= 0.6 is 0 Å². The largest absolute Gasteiger partial charge is 0.396 e. The lowest BCUT2D eigenvalue weighted by atomic mass is 9.90. The van der Waals surface area contributed by atoms with Crippen molar-refractivity contribution in [1.82, 2.24) is 0 Å². The van der Waals surface area contributed by atoms with Crippen LogP contribution in [-0.2, 0) is 0 Å². The lowest BCUT2D eigenvalue weighted by Gasteiger charge is -2.25. The molecule has 102 valence electrons. The molecule has 0 bridgehead atoms. The van der Waals surface area contributed by atoms with Crippen LogP contribution in [-0.4, -0.2) is 28.4 Å². The average molecular weight is 262 g/mol. The Morgan fingerprint density at radius 1 is 1.53 bits per heavy atom. The number of nitro groups is 1. The first kappa shape index (κ1) is 13.7. The number of rotatable bonds is 4. The van der Waals surface area contributed by atoms with Crippen LogP contribution in [0.15, 0.2) is 29.3 Å². The summed E-state index contributed by atoms with van der Waals surface area (Å²) in [6.45, 7) is 2.22. The Balaban J connectivity index is 2.11. The van der Waals surface area contributed by atoms with Gasteiger partial charge in [-0.25, -0.2) is 0 Å². The zero-order chi connectivity index (χ0) is 13.9. The minimum absolute atomic E-state index is 0.0810. The molecule has 2 atom stereocenters. The number of aliphatic hydroxyl groups excluding tert-OH is 1. The van der Waals surface area contributed by atoms with Crippen molar-refractivity contribution in [3.8, 4) is 0 Å². The molecule has 0 aromatic heterocycles. The van der Waals surface area contributed by atoms with Gasteiger partial charge in [-0.1, -0.05) is 6.42 Å². The van der Waals surface area contributed by atoms with Gasteiger partial charge in [-0.3, -0.25) is 15.1 Å². The van der Waals surface area contributed by atoms with E-state index in [4.69, 9.17) is 0 Å². The SMILES string of the molecule is C[C@]1(N=Cc2ccc([N+](=O)[O-])cc2)CCC[C@H]1CO. The van der Waals surface area contributed by atoms with Gasteiger partial charge in [-0.05, 0) is 37.5 Å². The lowest BCUT2D eigenvalue weighted by Crippen LogP contribution is -2.29. The van der Waals surface area contributed by atoms with Gasteiger partial charge in [0, 0.05) is 30.9 Å². The summed E-state index contributed by atoms with van der Waals surface area (Å²) < 4.78 is 0. The Hall–Kier alpha value is -1.75. The molecule has 0 saturated heterocycles. The van der Waals surface area contributed by atoms with E-state index in [9.17, 15) is 15.2 Å². The molecule has 0 aliphatic heterocycles. The van der Waals surface area contributed by atoms with Gasteiger partial charge in [0.15, 0.2) is 0 Å². The molecule has 1 aliphatic rings.